The van der Waals surface area contributed by atoms with E-state index in [1.807, 2.05) is 31.3 Å². The molecule has 0 atom stereocenters. The summed E-state index contributed by atoms with van der Waals surface area (Å²) in [6.45, 7) is 0. The first-order chi connectivity index (χ1) is 7.24. The van der Waals surface area contributed by atoms with Crippen molar-refractivity contribution >= 4 is 11.6 Å². The molecular weight excluding hydrogens is 192 g/mol. The van der Waals surface area contributed by atoms with E-state index in [-0.39, 0.29) is 5.95 Å². The average Bonchev–Trinajstić information content (AvgIpc) is 2.60. The zero-order valence-electron chi connectivity index (χ0n) is 8.31. The number of anilines is 2. The normalized spacial score (nSPS) is 10.2. The second-order valence-electron chi connectivity index (χ2n) is 3.05. The molecule has 0 saturated carbocycles. The number of nitrogens with zero attached hydrogens (tertiary/aromatic N) is 3. The Morgan fingerprint density at radius 2 is 2.00 bits per heavy atom. The van der Waals surface area contributed by atoms with Crippen LogP contribution in [0.4, 0.5) is 11.6 Å². The van der Waals surface area contributed by atoms with Gasteiger partial charge in [0.2, 0.25) is 5.95 Å². The van der Waals surface area contributed by atoms with Gasteiger partial charge >= 0.3 is 0 Å². The first-order valence-electron chi connectivity index (χ1n) is 4.47. The predicted molar refractivity (Wildman–Crippen MR) is 59.6 cm³/mol. The van der Waals surface area contributed by atoms with Crippen molar-refractivity contribution in [1.82, 2.24) is 14.9 Å². The van der Waals surface area contributed by atoms with Crippen LogP contribution in [0.5, 0.6) is 0 Å². The van der Waals surface area contributed by atoms with Gasteiger partial charge in [-0.1, -0.05) is 12.1 Å². The van der Waals surface area contributed by atoms with Crippen LogP contribution < -0.4 is 16.9 Å². The third-order valence-corrected chi connectivity index (χ3v) is 2.16. The minimum Gasteiger partial charge on any atom is -0.388 e. The molecule has 1 aromatic heterocycles. The number of nitrogens with one attached hydrogen (secondary N) is 1. The Morgan fingerprint density at radius 1 is 1.27 bits per heavy atom. The fraction of sp³-hybridized carbons (Fsp3) is 0.111. The molecule has 6 heteroatoms. The van der Waals surface area contributed by atoms with Crippen molar-refractivity contribution in [2.45, 2.75) is 0 Å². The van der Waals surface area contributed by atoms with Crippen LogP contribution in [-0.4, -0.2) is 21.9 Å². The second-order valence-corrected chi connectivity index (χ2v) is 3.05. The maximum absolute atomic E-state index is 5.70. The summed E-state index contributed by atoms with van der Waals surface area (Å²) in [5.74, 6) is 6.43. The van der Waals surface area contributed by atoms with E-state index in [2.05, 4.69) is 15.5 Å². The van der Waals surface area contributed by atoms with E-state index in [0.717, 1.165) is 11.3 Å². The van der Waals surface area contributed by atoms with Gasteiger partial charge in [0.1, 0.15) is 0 Å². The van der Waals surface area contributed by atoms with Crippen LogP contribution in [0.25, 0.3) is 11.4 Å². The van der Waals surface area contributed by atoms with Gasteiger partial charge in [0.25, 0.3) is 0 Å². The molecule has 0 saturated heterocycles. The monoisotopic (exact) mass is 204 g/mol. The molecule has 0 fully saturated rings. The van der Waals surface area contributed by atoms with E-state index >= 15 is 0 Å². The van der Waals surface area contributed by atoms with Crippen LogP contribution in [-0.2, 0) is 0 Å². The van der Waals surface area contributed by atoms with Crippen molar-refractivity contribution in [3.63, 3.8) is 0 Å². The largest absolute Gasteiger partial charge is 0.388 e. The lowest BCUT2D eigenvalue weighted by molar-refractivity contribution is 1.02. The van der Waals surface area contributed by atoms with Crippen LogP contribution in [0.15, 0.2) is 24.3 Å². The second kappa shape index (κ2) is 3.49. The quantitative estimate of drug-likeness (QED) is 0.611. The Labute approximate surface area is 86.9 Å². The van der Waals surface area contributed by atoms with Gasteiger partial charge in [0.05, 0.1) is 0 Å². The number of nitrogen functional groups attached to an aromatic ring is 2. The molecular formula is C9H12N6. The summed E-state index contributed by atoms with van der Waals surface area (Å²) in [4.78, 5) is 0. The van der Waals surface area contributed by atoms with Gasteiger partial charge in [-0.2, -0.15) is 0 Å². The Kier molecular flexibility index (Phi) is 2.17. The van der Waals surface area contributed by atoms with Gasteiger partial charge in [-0.05, 0) is 12.1 Å². The van der Waals surface area contributed by atoms with Crippen LogP contribution >= 0.6 is 0 Å². The topological polar surface area (TPSA) is 94.8 Å². The average molecular weight is 204 g/mol. The Morgan fingerprint density at radius 3 is 2.60 bits per heavy atom. The molecule has 5 N–H and O–H groups in total. The molecule has 0 spiro atoms. The molecule has 1 heterocycles. The first-order valence-corrected chi connectivity index (χ1v) is 4.47. The Balaban J connectivity index is 2.58. The van der Waals surface area contributed by atoms with Crippen LogP contribution in [0.1, 0.15) is 0 Å². The highest BCUT2D eigenvalue weighted by molar-refractivity contribution is 5.73. The number of rotatable bonds is 2. The van der Waals surface area contributed by atoms with E-state index < -0.39 is 0 Å². The molecule has 0 aliphatic carbocycles. The standard InChI is InChI=1S/C9H12N6/c1-12-7-5-3-2-4-6(7)8-13-14-9(10)15(8)11/h2-5,12H,11H2,1H3,(H2,10,14). The summed E-state index contributed by atoms with van der Waals surface area (Å²) < 4.78 is 1.26. The maximum Gasteiger partial charge on any atom is 0.241 e. The van der Waals surface area contributed by atoms with Crippen LogP contribution in [0, 0.1) is 0 Å². The van der Waals surface area contributed by atoms with Crippen LogP contribution in [0.2, 0.25) is 0 Å². The van der Waals surface area contributed by atoms with E-state index in [4.69, 9.17) is 11.6 Å². The molecule has 0 radical (unpaired) electrons. The van der Waals surface area contributed by atoms with Crippen molar-refractivity contribution in [3.8, 4) is 11.4 Å². The number of nitrogens with two attached hydrogens (primary N) is 2. The smallest absolute Gasteiger partial charge is 0.241 e. The first kappa shape index (κ1) is 9.32. The number of aromatic nitrogens is 3. The van der Waals surface area contributed by atoms with Gasteiger partial charge in [-0.15, -0.1) is 10.2 Å². The molecule has 78 valence electrons. The zero-order chi connectivity index (χ0) is 10.8. The molecule has 0 unspecified atom stereocenters. The molecule has 2 rings (SSSR count). The lowest BCUT2D eigenvalue weighted by Gasteiger charge is -2.07. The highest BCUT2D eigenvalue weighted by Crippen LogP contribution is 2.25. The molecule has 0 amide bonds. The summed E-state index contributed by atoms with van der Waals surface area (Å²) in [6, 6.07) is 7.66. The number of hydrogen-bond acceptors (Lipinski definition) is 5. The Bertz CT molecular complexity index is 475. The van der Waals surface area contributed by atoms with Crippen molar-refractivity contribution in [3.05, 3.63) is 24.3 Å². The van der Waals surface area contributed by atoms with Gasteiger partial charge in [-0.25, -0.2) is 4.68 Å². The number of benzene rings is 1. The van der Waals surface area contributed by atoms with Crippen molar-refractivity contribution in [1.29, 1.82) is 0 Å². The third-order valence-electron chi connectivity index (χ3n) is 2.16. The van der Waals surface area contributed by atoms with Crippen molar-refractivity contribution < 1.29 is 0 Å². The summed E-state index contributed by atoms with van der Waals surface area (Å²) in [7, 11) is 1.83. The highest BCUT2D eigenvalue weighted by Gasteiger charge is 2.11. The molecule has 6 nitrogen and oxygen atoms in total. The van der Waals surface area contributed by atoms with Gasteiger partial charge < -0.3 is 16.9 Å². The van der Waals surface area contributed by atoms with Crippen LogP contribution in [0.3, 0.4) is 0 Å². The van der Waals surface area contributed by atoms with E-state index in [9.17, 15) is 0 Å². The fourth-order valence-corrected chi connectivity index (χ4v) is 1.38. The zero-order valence-corrected chi connectivity index (χ0v) is 8.31. The van der Waals surface area contributed by atoms with E-state index in [1.54, 1.807) is 0 Å². The van der Waals surface area contributed by atoms with E-state index in [0.29, 0.717) is 5.82 Å². The van der Waals surface area contributed by atoms with Gasteiger partial charge in [-0.3, -0.25) is 0 Å². The minimum absolute atomic E-state index is 0.191. The minimum atomic E-state index is 0.191. The maximum atomic E-state index is 5.70. The summed E-state index contributed by atoms with van der Waals surface area (Å²) in [5.41, 5.74) is 7.31. The number of hydrogen-bond donors (Lipinski definition) is 3. The van der Waals surface area contributed by atoms with E-state index in [1.165, 1.54) is 4.68 Å². The Hall–Kier alpha value is -2.24. The lowest BCUT2D eigenvalue weighted by Crippen LogP contribution is -2.13. The lowest BCUT2D eigenvalue weighted by atomic mass is 10.1. The van der Waals surface area contributed by atoms with Crippen molar-refractivity contribution in [2.75, 3.05) is 23.9 Å². The van der Waals surface area contributed by atoms with Gasteiger partial charge in [0.15, 0.2) is 5.82 Å². The fourth-order valence-electron chi connectivity index (χ4n) is 1.38. The summed E-state index contributed by atoms with van der Waals surface area (Å²) >= 11 is 0. The molecule has 0 aliphatic rings. The van der Waals surface area contributed by atoms with Crippen molar-refractivity contribution in [2.24, 2.45) is 0 Å². The van der Waals surface area contributed by atoms with Gasteiger partial charge in [0, 0.05) is 18.3 Å². The molecule has 1 aromatic carbocycles. The molecule has 15 heavy (non-hydrogen) atoms. The molecule has 0 bridgehead atoms. The summed E-state index contributed by atoms with van der Waals surface area (Å²) in [5, 5.41) is 10.7. The highest BCUT2D eigenvalue weighted by atomic mass is 15.4. The SMILES string of the molecule is CNc1ccccc1-c1nnc(N)n1N. The summed E-state index contributed by atoms with van der Waals surface area (Å²) in [6.07, 6.45) is 0. The predicted octanol–water partition coefficient (Wildman–Crippen LogP) is 0.283. The molecule has 2 aromatic rings. The molecule has 0 aliphatic heterocycles. The third kappa shape index (κ3) is 1.45. The number of para-hydroxylation sites is 1.